The summed E-state index contributed by atoms with van der Waals surface area (Å²) >= 11 is 7.44. The van der Waals surface area contributed by atoms with Crippen molar-refractivity contribution in [3.63, 3.8) is 0 Å². The van der Waals surface area contributed by atoms with E-state index < -0.39 is 0 Å². The first-order chi connectivity index (χ1) is 14.7. The van der Waals surface area contributed by atoms with E-state index in [1.807, 2.05) is 84.9 Å². The van der Waals surface area contributed by atoms with Crippen LogP contribution in [0.15, 0.2) is 90.1 Å². The quantitative estimate of drug-likeness (QED) is 0.416. The number of amides is 1. The molecule has 3 aromatic carbocycles. The summed E-state index contributed by atoms with van der Waals surface area (Å²) in [5, 5.41) is 8.70. The van der Waals surface area contributed by atoms with Gasteiger partial charge < -0.3 is 5.32 Å². The van der Waals surface area contributed by atoms with Crippen LogP contribution >= 0.6 is 23.4 Å². The van der Waals surface area contributed by atoms with E-state index in [-0.39, 0.29) is 11.7 Å². The van der Waals surface area contributed by atoms with Crippen LogP contribution in [0.4, 0.5) is 0 Å². The average Bonchev–Trinajstić information content (AvgIpc) is 3.23. The van der Waals surface area contributed by atoms with E-state index in [9.17, 15) is 4.79 Å². The van der Waals surface area contributed by atoms with Crippen LogP contribution < -0.4 is 5.32 Å². The highest BCUT2D eigenvalue weighted by Crippen LogP contribution is 2.24. The fourth-order valence-corrected chi connectivity index (χ4v) is 3.75. The van der Waals surface area contributed by atoms with Gasteiger partial charge in [-0.15, -0.1) is 5.10 Å². The highest BCUT2D eigenvalue weighted by molar-refractivity contribution is 7.99. The van der Waals surface area contributed by atoms with Crippen LogP contribution in [-0.2, 0) is 11.3 Å². The molecule has 150 valence electrons. The van der Waals surface area contributed by atoms with Gasteiger partial charge in [-0.2, -0.15) is 0 Å². The van der Waals surface area contributed by atoms with Crippen LogP contribution in [0.5, 0.6) is 0 Å². The molecule has 0 aliphatic carbocycles. The van der Waals surface area contributed by atoms with Crippen molar-refractivity contribution in [3.8, 4) is 17.1 Å². The Kier molecular flexibility index (Phi) is 6.47. The van der Waals surface area contributed by atoms with E-state index in [1.54, 1.807) is 4.68 Å². The molecule has 0 fully saturated rings. The smallest absolute Gasteiger partial charge is 0.230 e. The van der Waals surface area contributed by atoms with Crippen LogP contribution in [0.1, 0.15) is 5.56 Å². The molecule has 0 saturated heterocycles. The highest BCUT2D eigenvalue weighted by atomic mass is 35.5. The predicted molar refractivity (Wildman–Crippen MR) is 121 cm³/mol. The molecule has 0 saturated carbocycles. The van der Waals surface area contributed by atoms with Gasteiger partial charge in [-0.3, -0.25) is 4.79 Å². The summed E-state index contributed by atoms with van der Waals surface area (Å²) in [4.78, 5) is 17.0. The van der Waals surface area contributed by atoms with E-state index in [1.165, 1.54) is 11.8 Å². The van der Waals surface area contributed by atoms with Gasteiger partial charge in [0.15, 0.2) is 5.82 Å². The van der Waals surface area contributed by atoms with Crippen molar-refractivity contribution in [2.45, 2.75) is 11.7 Å². The third kappa shape index (κ3) is 4.90. The maximum atomic E-state index is 12.3. The standard InChI is InChI=1S/C23H19ClN4OS/c24-20-14-8-7-11-18(20)15-25-21(29)16-30-23-26-22(17-9-3-1-4-10-17)28(27-23)19-12-5-2-6-13-19/h1-14H,15-16H2,(H,25,29). The van der Waals surface area contributed by atoms with Gasteiger partial charge in [0.05, 0.1) is 11.4 Å². The molecule has 1 aromatic heterocycles. The van der Waals surface area contributed by atoms with Gasteiger partial charge in [0.25, 0.3) is 0 Å². The zero-order valence-corrected chi connectivity index (χ0v) is 17.6. The van der Waals surface area contributed by atoms with Crippen molar-refractivity contribution in [3.05, 3.63) is 95.5 Å². The number of carbonyl (C=O) groups excluding carboxylic acids is 1. The predicted octanol–water partition coefficient (Wildman–Crippen LogP) is 5.00. The summed E-state index contributed by atoms with van der Waals surface area (Å²) in [6.07, 6.45) is 0. The third-order valence-electron chi connectivity index (χ3n) is 4.39. The van der Waals surface area contributed by atoms with E-state index in [0.29, 0.717) is 16.7 Å². The highest BCUT2D eigenvalue weighted by Gasteiger charge is 2.15. The Balaban J connectivity index is 1.47. The fourth-order valence-electron chi connectivity index (χ4n) is 2.89. The number of nitrogens with one attached hydrogen (secondary N) is 1. The summed E-state index contributed by atoms with van der Waals surface area (Å²) in [6, 6.07) is 27.2. The van der Waals surface area contributed by atoms with Crippen LogP contribution in [0, 0.1) is 0 Å². The number of halogens is 1. The molecule has 0 unspecified atom stereocenters. The SMILES string of the molecule is O=C(CSc1nc(-c2ccccc2)n(-c2ccccc2)n1)NCc1ccccc1Cl. The van der Waals surface area contributed by atoms with E-state index in [4.69, 9.17) is 11.6 Å². The summed E-state index contributed by atoms with van der Waals surface area (Å²) in [6.45, 7) is 0.389. The minimum Gasteiger partial charge on any atom is -0.351 e. The summed E-state index contributed by atoms with van der Waals surface area (Å²) in [5.74, 6) is 0.857. The molecule has 4 rings (SSSR count). The largest absolute Gasteiger partial charge is 0.351 e. The normalized spacial score (nSPS) is 10.7. The average molecular weight is 435 g/mol. The molecule has 0 atom stereocenters. The number of hydrogen-bond acceptors (Lipinski definition) is 4. The fraction of sp³-hybridized carbons (Fsp3) is 0.0870. The summed E-state index contributed by atoms with van der Waals surface area (Å²) in [5.41, 5.74) is 2.76. The molecular formula is C23H19ClN4OS. The van der Waals surface area contributed by atoms with Crippen molar-refractivity contribution in [2.75, 3.05) is 5.75 Å². The van der Waals surface area contributed by atoms with Crippen molar-refractivity contribution in [1.29, 1.82) is 0 Å². The van der Waals surface area contributed by atoms with Gasteiger partial charge >= 0.3 is 0 Å². The third-order valence-corrected chi connectivity index (χ3v) is 5.59. The van der Waals surface area contributed by atoms with Gasteiger partial charge in [0.2, 0.25) is 11.1 Å². The second-order valence-electron chi connectivity index (χ2n) is 6.49. The minimum atomic E-state index is -0.0998. The van der Waals surface area contributed by atoms with E-state index >= 15 is 0 Å². The Labute approximate surface area is 184 Å². The van der Waals surface area contributed by atoms with Crippen molar-refractivity contribution < 1.29 is 4.79 Å². The van der Waals surface area contributed by atoms with Crippen molar-refractivity contribution in [1.82, 2.24) is 20.1 Å². The van der Waals surface area contributed by atoms with E-state index in [2.05, 4.69) is 15.4 Å². The molecule has 0 aliphatic heterocycles. The van der Waals surface area contributed by atoms with Crippen LogP contribution in [0.25, 0.3) is 17.1 Å². The number of benzene rings is 3. The first-order valence-electron chi connectivity index (χ1n) is 9.41. The van der Waals surface area contributed by atoms with Gasteiger partial charge in [0, 0.05) is 17.1 Å². The molecule has 4 aromatic rings. The van der Waals surface area contributed by atoms with Gasteiger partial charge in [-0.1, -0.05) is 90.1 Å². The van der Waals surface area contributed by atoms with Gasteiger partial charge in [-0.25, -0.2) is 9.67 Å². The Morgan fingerprint density at radius 2 is 1.60 bits per heavy atom. The lowest BCUT2D eigenvalue weighted by atomic mass is 10.2. The second-order valence-corrected chi connectivity index (χ2v) is 7.84. The monoisotopic (exact) mass is 434 g/mol. The number of thioether (sulfide) groups is 1. The molecule has 0 bridgehead atoms. The summed E-state index contributed by atoms with van der Waals surface area (Å²) < 4.78 is 1.80. The molecular weight excluding hydrogens is 416 g/mol. The van der Waals surface area contributed by atoms with Crippen molar-refractivity contribution >= 4 is 29.3 Å². The van der Waals surface area contributed by atoms with Crippen LogP contribution in [-0.4, -0.2) is 26.4 Å². The molecule has 0 spiro atoms. The molecule has 7 heteroatoms. The minimum absolute atomic E-state index is 0.0998. The number of nitrogens with zero attached hydrogens (tertiary/aromatic N) is 3. The van der Waals surface area contributed by atoms with Gasteiger partial charge in [-0.05, 0) is 23.8 Å². The molecule has 1 amide bonds. The number of rotatable bonds is 7. The Morgan fingerprint density at radius 1 is 0.933 bits per heavy atom. The van der Waals surface area contributed by atoms with Crippen LogP contribution in [0.3, 0.4) is 0 Å². The van der Waals surface area contributed by atoms with Crippen LogP contribution in [0.2, 0.25) is 5.02 Å². The lowest BCUT2D eigenvalue weighted by Gasteiger charge is -2.06. The maximum absolute atomic E-state index is 12.3. The second kappa shape index (κ2) is 9.61. The van der Waals surface area contributed by atoms with Gasteiger partial charge in [0.1, 0.15) is 0 Å². The number of carbonyl (C=O) groups is 1. The molecule has 30 heavy (non-hydrogen) atoms. The van der Waals surface area contributed by atoms with E-state index in [0.717, 1.165) is 22.6 Å². The lowest BCUT2D eigenvalue weighted by Crippen LogP contribution is -2.24. The molecule has 5 nitrogen and oxygen atoms in total. The number of para-hydroxylation sites is 1. The maximum Gasteiger partial charge on any atom is 0.230 e. The molecule has 0 radical (unpaired) electrons. The van der Waals surface area contributed by atoms with Crippen molar-refractivity contribution in [2.24, 2.45) is 0 Å². The number of hydrogen-bond donors (Lipinski definition) is 1. The first-order valence-corrected chi connectivity index (χ1v) is 10.8. The Morgan fingerprint density at radius 3 is 2.33 bits per heavy atom. The molecule has 1 N–H and O–H groups in total. The first kappa shape index (κ1) is 20.2. The Hall–Kier alpha value is -3.09. The zero-order chi connectivity index (χ0) is 20.8. The molecule has 0 aliphatic rings. The Bertz CT molecular complexity index is 1080. The molecule has 1 heterocycles. The summed E-state index contributed by atoms with van der Waals surface area (Å²) in [7, 11) is 0. The number of aromatic nitrogens is 3. The lowest BCUT2D eigenvalue weighted by molar-refractivity contribution is -0.118. The topological polar surface area (TPSA) is 59.8 Å². The zero-order valence-electron chi connectivity index (χ0n) is 16.0.